The number of hydrogen-bond acceptors (Lipinski definition) is 3. The second-order valence-electron chi connectivity index (χ2n) is 4.58. The highest BCUT2D eigenvalue weighted by Crippen LogP contribution is 2.17. The number of carbonyl (C=O) groups is 1. The van der Waals surface area contributed by atoms with E-state index in [0.29, 0.717) is 0 Å². The number of amides is 1. The molecular formula is C16H19N3O. The zero-order chi connectivity index (χ0) is 14.4. The molecule has 0 radical (unpaired) electrons. The molecule has 20 heavy (non-hydrogen) atoms. The van der Waals surface area contributed by atoms with Crippen LogP contribution >= 0.6 is 0 Å². The van der Waals surface area contributed by atoms with Gasteiger partial charge in [-0.2, -0.15) is 0 Å². The summed E-state index contributed by atoms with van der Waals surface area (Å²) in [7, 11) is 3.69. The largest absolute Gasteiger partial charge is 0.319 e. The number of hydrogen-bond donors (Lipinski definition) is 1. The minimum absolute atomic E-state index is 0.00269. The SMILES string of the molecule is CNCCc1ccccc1C(=O)N(C)c1ccncc1. The third-order valence-corrected chi connectivity index (χ3v) is 3.25. The Bertz CT molecular complexity index is 569. The molecule has 0 unspecified atom stereocenters. The highest BCUT2D eigenvalue weighted by molar-refractivity contribution is 6.06. The second-order valence-corrected chi connectivity index (χ2v) is 4.58. The molecule has 1 N–H and O–H groups in total. The minimum atomic E-state index is 0.00269. The molecule has 4 heteroatoms. The van der Waals surface area contributed by atoms with Gasteiger partial charge in [-0.05, 0) is 43.8 Å². The third-order valence-electron chi connectivity index (χ3n) is 3.25. The van der Waals surface area contributed by atoms with Crippen LogP contribution in [-0.2, 0) is 6.42 Å². The van der Waals surface area contributed by atoms with Gasteiger partial charge in [-0.3, -0.25) is 9.78 Å². The van der Waals surface area contributed by atoms with E-state index in [1.54, 1.807) is 24.3 Å². The van der Waals surface area contributed by atoms with E-state index in [1.807, 2.05) is 43.4 Å². The van der Waals surface area contributed by atoms with Gasteiger partial charge in [-0.25, -0.2) is 0 Å². The Morgan fingerprint density at radius 2 is 1.90 bits per heavy atom. The van der Waals surface area contributed by atoms with Crippen LogP contribution in [0.3, 0.4) is 0 Å². The first-order valence-electron chi connectivity index (χ1n) is 6.64. The Morgan fingerprint density at radius 1 is 1.20 bits per heavy atom. The third kappa shape index (κ3) is 3.22. The van der Waals surface area contributed by atoms with E-state index in [2.05, 4.69) is 10.3 Å². The molecule has 2 aromatic rings. The number of pyridine rings is 1. The van der Waals surface area contributed by atoms with E-state index in [4.69, 9.17) is 0 Å². The van der Waals surface area contributed by atoms with Gasteiger partial charge in [-0.15, -0.1) is 0 Å². The molecule has 0 spiro atoms. The molecule has 0 aliphatic heterocycles. The van der Waals surface area contributed by atoms with Crippen LogP contribution < -0.4 is 10.2 Å². The van der Waals surface area contributed by atoms with Crippen LogP contribution in [0.2, 0.25) is 0 Å². The van der Waals surface area contributed by atoms with Crippen LogP contribution in [0.1, 0.15) is 15.9 Å². The molecule has 0 aliphatic rings. The zero-order valence-corrected chi connectivity index (χ0v) is 11.8. The summed E-state index contributed by atoms with van der Waals surface area (Å²) in [5, 5.41) is 3.11. The van der Waals surface area contributed by atoms with Gasteiger partial charge in [0.25, 0.3) is 5.91 Å². The van der Waals surface area contributed by atoms with Crippen molar-refractivity contribution in [2.24, 2.45) is 0 Å². The van der Waals surface area contributed by atoms with Crippen molar-refractivity contribution in [3.8, 4) is 0 Å². The molecule has 0 bridgehead atoms. The van der Waals surface area contributed by atoms with Gasteiger partial charge in [0.2, 0.25) is 0 Å². The summed E-state index contributed by atoms with van der Waals surface area (Å²) in [6, 6.07) is 11.4. The monoisotopic (exact) mass is 269 g/mol. The lowest BCUT2D eigenvalue weighted by molar-refractivity contribution is 0.0992. The summed E-state index contributed by atoms with van der Waals surface area (Å²) in [5.41, 5.74) is 2.66. The fourth-order valence-corrected chi connectivity index (χ4v) is 2.07. The van der Waals surface area contributed by atoms with E-state index in [0.717, 1.165) is 29.8 Å². The molecule has 0 aliphatic carbocycles. The Balaban J connectivity index is 2.25. The Kier molecular flexibility index (Phi) is 4.85. The number of rotatable bonds is 5. The summed E-state index contributed by atoms with van der Waals surface area (Å²) in [6.07, 6.45) is 4.21. The molecule has 4 nitrogen and oxygen atoms in total. The lowest BCUT2D eigenvalue weighted by Crippen LogP contribution is -2.27. The van der Waals surface area contributed by atoms with Gasteiger partial charge < -0.3 is 10.2 Å². The predicted octanol–water partition coefficient (Wildman–Crippen LogP) is 2.12. The quantitative estimate of drug-likeness (QED) is 0.904. The van der Waals surface area contributed by atoms with Crippen molar-refractivity contribution in [2.45, 2.75) is 6.42 Å². The first-order chi connectivity index (χ1) is 9.74. The number of nitrogens with zero attached hydrogens (tertiary/aromatic N) is 2. The molecule has 1 aromatic carbocycles. The van der Waals surface area contributed by atoms with Crippen LogP contribution in [0.15, 0.2) is 48.8 Å². The fourth-order valence-electron chi connectivity index (χ4n) is 2.07. The Hall–Kier alpha value is -2.20. The van der Waals surface area contributed by atoms with Crippen molar-refractivity contribution in [1.82, 2.24) is 10.3 Å². The number of aromatic nitrogens is 1. The smallest absolute Gasteiger partial charge is 0.258 e. The van der Waals surface area contributed by atoms with Gasteiger partial charge in [0, 0.05) is 30.7 Å². The molecule has 104 valence electrons. The molecule has 1 amide bonds. The minimum Gasteiger partial charge on any atom is -0.319 e. The maximum absolute atomic E-state index is 12.6. The van der Waals surface area contributed by atoms with E-state index in [1.165, 1.54) is 0 Å². The maximum Gasteiger partial charge on any atom is 0.258 e. The summed E-state index contributed by atoms with van der Waals surface area (Å²) in [5.74, 6) is 0.00269. The van der Waals surface area contributed by atoms with Crippen LogP contribution in [0.25, 0.3) is 0 Å². The van der Waals surface area contributed by atoms with Gasteiger partial charge in [0.15, 0.2) is 0 Å². The van der Waals surface area contributed by atoms with Crippen LogP contribution in [0, 0.1) is 0 Å². The number of carbonyl (C=O) groups excluding carboxylic acids is 1. The standard InChI is InChI=1S/C16H19N3O/c1-17-10-7-13-5-3-4-6-15(13)16(20)19(2)14-8-11-18-12-9-14/h3-6,8-9,11-12,17H,7,10H2,1-2H3. The number of nitrogens with one attached hydrogen (secondary N) is 1. The summed E-state index contributed by atoms with van der Waals surface area (Å²) >= 11 is 0. The molecule has 0 atom stereocenters. The van der Waals surface area contributed by atoms with Crippen LogP contribution in [0.5, 0.6) is 0 Å². The van der Waals surface area contributed by atoms with E-state index >= 15 is 0 Å². The highest BCUT2D eigenvalue weighted by atomic mass is 16.2. The Morgan fingerprint density at radius 3 is 2.60 bits per heavy atom. The second kappa shape index (κ2) is 6.82. The van der Waals surface area contributed by atoms with Gasteiger partial charge in [0.05, 0.1) is 0 Å². The molecule has 1 heterocycles. The first kappa shape index (κ1) is 14.2. The summed E-state index contributed by atoms with van der Waals surface area (Å²) in [6.45, 7) is 0.850. The van der Waals surface area contributed by atoms with Crippen LogP contribution in [-0.4, -0.2) is 31.5 Å². The van der Waals surface area contributed by atoms with Crippen molar-refractivity contribution >= 4 is 11.6 Å². The van der Waals surface area contributed by atoms with Gasteiger partial charge in [-0.1, -0.05) is 18.2 Å². The first-order valence-corrected chi connectivity index (χ1v) is 6.64. The molecule has 1 aromatic heterocycles. The average Bonchev–Trinajstić information content (AvgIpc) is 2.52. The maximum atomic E-state index is 12.6. The molecule has 2 rings (SSSR count). The van der Waals surface area contributed by atoms with E-state index < -0.39 is 0 Å². The van der Waals surface area contributed by atoms with Crippen molar-refractivity contribution in [3.05, 3.63) is 59.9 Å². The van der Waals surface area contributed by atoms with E-state index in [9.17, 15) is 4.79 Å². The highest BCUT2D eigenvalue weighted by Gasteiger charge is 2.16. The fraction of sp³-hybridized carbons (Fsp3) is 0.250. The van der Waals surface area contributed by atoms with Crippen molar-refractivity contribution in [3.63, 3.8) is 0 Å². The molecule has 0 saturated carbocycles. The van der Waals surface area contributed by atoms with Gasteiger partial charge >= 0.3 is 0 Å². The summed E-state index contributed by atoms with van der Waals surface area (Å²) < 4.78 is 0. The lowest BCUT2D eigenvalue weighted by Gasteiger charge is -2.19. The van der Waals surface area contributed by atoms with Crippen LogP contribution in [0.4, 0.5) is 5.69 Å². The zero-order valence-electron chi connectivity index (χ0n) is 11.8. The normalized spacial score (nSPS) is 10.3. The number of anilines is 1. The number of benzene rings is 1. The molecule has 0 saturated heterocycles. The van der Waals surface area contributed by atoms with Crippen molar-refractivity contribution in [1.29, 1.82) is 0 Å². The Labute approximate surface area is 119 Å². The topological polar surface area (TPSA) is 45.2 Å². The van der Waals surface area contributed by atoms with E-state index in [-0.39, 0.29) is 5.91 Å². The molecular weight excluding hydrogens is 250 g/mol. The predicted molar refractivity (Wildman–Crippen MR) is 81.0 cm³/mol. The van der Waals surface area contributed by atoms with Crippen molar-refractivity contribution < 1.29 is 4.79 Å². The van der Waals surface area contributed by atoms with Crippen molar-refractivity contribution in [2.75, 3.05) is 25.5 Å². The van der Waals surface area contributed by atoms with Gasteiger partial charge in [0.1, 0.15) is 0 Å². The average molecular weight is 269 g/mol. The lowest BCUT2D eigenvalue weighted by atomic mass is 10.0. The molecule has 0 fully saturated rings. The number of likely N-dealkylation sites (N-methyl/N-ethyl adjacent to an activating group) is 1. The summed E-state index contributed by atoms with van der Waals surface area (Å²) in [4.78, 5) is 18.2.